The van der Waals surface area contributed by atoms with Crippen LogP contribution in [-0.2, 0) is 37.2 Å². The Bertz CT molecular complexity index is 1100. The van der Waals surface area contributed by atoms with E-state index in [0.29, 0.717) is 16.7 Å². The van der Waals surface area contributed by atoms with Crippen molar-refractivity contribution in [1.82, 2.24) is 10.2 Å². The number of rotatable bonds is 7. The Labute approximate surface area is 179 Å². The number of ether oxygens (including phenoxy) is 2. The third kappa shape index (κ3) is 5.40. The Morgan fingerprint density at radius 3 is 2.52 bits per heavy atom. The number of amides is 2. The van der Waals surface area contributed by atoms with Gasteiger partial charge in [0.1, 0.15) is 12.6 Å². The summed E-state index contributed by atoms with van der Waals surface area (Å²) in [5, 5.41) is 2.74. The van der Waals surface area contributed by atoms with E-state index in [1.54, 1.807) is 36.4 Å². The van der Waals surface area contributed by atoms with Gasteiger partial charge < -0.3 is 14.8 Å². The van der Waals surface area contributed by atoms with E-state index in [4.69, 9.17) is 9.47 Å². The van der Waals surface area contributed by atoms with Gasteiger partial charge in [0.2, 0.25) is 5.91 Å². The normalized spacial score (nSPS) is 16.0. The lowest BCUT2D eigenvalue weighted by Crippen LogP contribution is -2.45. The minimum Gasteiger partial charge on any atom is -0.465 e. The summed E-state index contributed by atoms with van der Waals surface area (Å²) in [6.07, 6.45) is 0.497. The summed E-state index contributed by atoms with van der Waals surface area (Å²) in [4.78, 5) is 38.0. The average Bonchev–Trinajstić information content (AvgIpc) is 3.11. The molecule has 0 aliphatic carbocycles. The fourth-order valence-corrected chi connectivity index (χ4v) is 3.75. The molecule has 3 rings (SSSR count). The van der Waals surface area contributed by atoms with Crippen molar-refractivity contribution in [2.75, 3.05) is 20.0 Å². The Hall–Kier alpha value is -3.40. The molecule has 1 saturated heterocycles. The van der Waals surface area contributed by atoms with Gasteiger partial charge in [-0.05, 0) is 35.4 Å². The number of esters is 1. The molecule has 10 heteroatoms. The molecule has 9 nitrogen and oxygen atoms in total. The quantitative estimate of drug-likeness (QED) is 0.641. The van der Waals surface area contributed by atoms with Gasteiger partial charge in [-0.3, -0.25) is 9.69 Å². The molecule has 2 amide bonds. The number of hydrogen-bond donors (Lipinski definition) is 1. The second-order valence-electron chi connectivity index (χ2n) is 7.05. The van der Waals surface area contributed by atoms with Crippen LogP contribution in [0.1, 0.15) is 21.5 Å². The molecule has 164 valence electrons. The number of carbonyl (C=O) groups excluding carboxylic acids is 3. The maximum absolute atomic E-state index is 12.7. The smallest absolute Gasteiger partial charge is 0.410 e. The van der Waals surface area contributed by atoms with Crippen molar-refractivity contribution in [1.29, 1.82) is 0 Å². The minimum atomic E-state index is -3.29. The van der Waals surface area contributed by atoms with E-state index in [2.05, 4.69) is 5.32 Å². The molecule has 0 bridgehead atoms. The van der Waals surface area contributed by atoms with Crippen molar-refractivity contribution in [3.05, 3.63) is 65.2 Å². The van der Waals surface area contributed by atoms with Gasteiger partial charge in [0.15, 0.2) is 9.84 Å². The zero-order valence-electron chi connectivity index (χ0n) is 17.0. The molecule has 31 heavy (non-hydrogen) atoms. The summed E-state index contributed by atoms with van der Waals surface area (Å²) in [6.45, 7) is 0.165. The number of methoxy groups -OCH3 is 1. The molecule has 0 aromatic heterocycles. The van der Waals surface area contributed by atoms with Crippen molar-refractivity contribution in [2.45, 2.75) is 24.0 Å². The lowest BCUT2D eigenvalue weighted by molar-refractivity contribution is -0.125. The van der Waals surface area contributed by atoms with E-state index in [9.17, 15) is 22.8 Å². The van der Waals surface area contributed by atoms with Gasteiger partial charge in [0, 0.05) is 12.8 Å². The number of hydrogen-bond acceptors (Lipinski definition) is 7. The van der Waals surface area contributed by atoms with Crippen LogP contribution in [0.4, 0.5) is 4.79 Å². The van der Waals surface area contributed by atoms with E-state index in [1.807, 2.05) is 0 Å². The molecule has 2 aromatic carbocycles. The molecule has 0 spiro atoms. The number of sulfone groups is 1. The lowest BCUT2D eigenvalue weighted by Gasteiger charge is -2.21. The standard InChI is InChI=1S/C21H22N2O7S/c1-29-20(25)16-5-3-4-15(10-16)12-23-18(13-30-21(23)26)19(24)22-11-14-6-8-17(9-7-14)31(2,27)28/h3-10,18H,11-13H2,1-2H3,(H,22,24)/t18-/m0/s1. The monoisotopic (exact) mass is 446 g/mol. The van der Waals surface area contributed by atoms with Crippen LogP contribution in [0, 0.1) is 0 Å². The number of nitrogens with zero attached hydrogens (tertiary/aromatic N) is 1. The summed E-state index contributed by atoms with van der Waals surface area (Å²) < 4.78 is 32.8. The Balaban J connectivity index is 1.65. The van der Waals surface area contributed by atoms with Crippen molar-refractivity contribution in [2.24, 2.45) is 0 Å². The zero-order valence-corrected chi connectivity index (χ0v) is 17.8. The summed E-state index contributed by atoms with van der Waals surface area (Å²) in [6, 6.07) is 11.9. The lowest BCUT2D eigenvalue weighted by atomic mass is 10.1. The predicted molar refractivity (Wildman–Crippen MR) is 110 cm³/mol. The van der Waals surface area contributed by atoms with Crippen molar-refractivity contribution >= 4 is 27.8 Å². The van der Waals surface area contributed by atoms with Gasteiger partial charge in [0.05, 0.1) is 24.1 Å². The first-order valence-corrected chi connectivity index (χ1v) is 11.3. The molecule has 1 N–H and O–H groups in total. The number of cyclic esters (lactones) is 1. The minimum absolute atomic E-state index is 0.0881. The van der Waals surface area contributed by atoms with Crippen molar-refractivity contribution < 1.29 is 32.3 Å². The van der Waals surface area contributed by atoms with Crippen LogP contribution in [0.25, 0.3) is 0 Å². The van der Waals surface area contributed by atoms with E-state index in [0.717, 1.165) is 6.26 Å². The number of nitrogens with one attached hydrogen (secondary N) is 1. The second-order valence-corrected chi connectivity index (χ2v) is 9.06. The molecular formula is C21H22N2O7S. The first-order chi connectivity index (χ1) is 14.7. The zero-order chi connectivity index (χ0) is 22.6. The van der Waals surface area contributed by atoms with E-state index < -0.39 is 33.8 Å². The topological polar surface area (TPSA) is 119 Å². The van der Waals surface area contributed by atoms with Crippen LogP contribution < -0.4 is 5.32 Å². The van der Waals surface area contributed by atoms with Gasteiger partial charge in [-0.2, -0.15) is 0 Å². The van der Waals surface area contributed by atoms with Crippen LogP contribution in [0.3, 0.4) is 0 Å². The molecular weight excluding hydrogens is 424 g/mol. The number of carbonyl (C=O) groups is 3. The van der Waals surface area contributed by atoms with Crippen molar-refractivity contribution in [3.8, 4) is 0 Å². The van der Waals surface area contributed by atoms with Gasteiger partial charge in [-0.15, -0.1) is 0 Å². The Morgan fingerprint density at radius 2 is 1.87 bits per heavy atom. The highest BCUT2D eigenvalue weighted by Crippen LogP contribution is 2.18. The Morgan fingerprint density at radius 1 is 1.16 bits per heavy atom. The van der Waals surface area contributed by atoms with Crippen LogP contribution >= 0.6 is 0 Å². The summed E-state index contributed by atoms with van der Waals surface area (Å²) in [5.41, 5.74) is 1.70. The molecule has 1 aliphatic rings. The number of benzene rings is 2. The van der Waals surface area contributed by atoms with Crippen LogP contribution in [0.15, 0.2) is 53.4 Å². The molecule has 0 radical (unpaired) electrons. The molecule has 1 aliphatic heterocycles. The highest BCUT2D eigenvalue weighted by Gasteiger charge is 2.38. The fraction of sp³-hybridized carbons (Fsp3) is 0.286. The average molecular weight is 446 g/mol. The highest BCUT2D eigenvalue weighted by atomic mass is 32.2. The van der Waals surface area contributed by atoms with E-state index in [1.165, 1.54) is 24.1 Å². The van der Waals surface area contributed by atoms with Gasteiger partial charge in [0.25, 0.3) is 0 Å². The summed E-state index contributed by atoms with van der Waals surface area (Å²) >= 11 is 0. The third-order valence-corrected chi connectivity index (χ3v) is 5.93. The summed E-state index contributed by atoms with van der Waals surface area (Å²) in [7, 11) is -2.01. The third-order valence-electron chi connectivity index (χ3n) is 4.80. The molecule has 1 atom stereocenters. The van der Waals surface area contributed by atoms with Gasteiger partial charge in [-0.1, -0.05) is 24.3 Å². The molecule has 0 unspecified atom stereocenters. The Kier molecular flexibility index (Phi) is 6.59. The molecule has 1 heterocycles. The maximum Gasteiger partial charge on any atom is 0.410 e. The van der Waals surface area contributed by atoms with Crippen LogP contribution in [0.2, 0.25) is 0 Å². The largest absolute Gasteiger partial charge is 0.465 e. The fourth-order valence-electron chi connectivity index (χ4n) is 3.12. The molecule has 2 aromatic rings. The molecule has 0 saturated carbocycles. The van der Waals surface area contributed by atoms with Gasteiger partial charge in [-0.25, -0.2) is 18.0 Å². The first kappa shape index (κ1) is 22.3. The first-order valence-electron chi connectivity index (χ1n) is 9.36. The van der Waals surface area contributed by atoms with Crippen LogP contribution in [0.5, 0.6) is 0 Å². The predicted octanol–water partition coefficient (Wildman–Crippen LogP) is 1.51. The van der Waals surface area contributed by atoms with E-state index in [-0.39, 0.29) is 24.6 Å². The van der Waals surface area contributed by atoms with Crippen LogP contribution in [-0.4, -0.2) is 57.3 Å². The van der Waals surface area contributed by atoms with Gasteiger partial charge >= 0.3 is 12.1 Å². The van der Waals surface area contributed by atoms with Crippen molar-refractivity contribution in [3.63, 3.8) is 0 Å². The second kappa shape index (κ2) is 9.17. The van der Waals surface area contributed by atoms with E-state index >= 15 is 0 Å². The SMILES string of the molecule is COC(=O)c1cccc(CN2C(=O)OC[C@H]2C(=O)NCc2ccc(S(C)(=O)=O)cc2)c1. The maximum atomic E-state index is 12.7. The highest BCUT2D eigenvalue weighted by molar-refractivity contribution is 7.90. The molecule has 1 fully saturated rings. The summed E-state index contributed by atoms with van der Waals surface area (Å²) in [5.74, 6) is -0.899.